The van der Waals surface area contributed by atoms with Gasteiger partial charge < -0.3 is 25.2 Å². The number of carboxylic acid groups (broad SMARTS) is 1. The summed E-state index contributed by atoms with van der Waals surface area (Å²) in [5.41, 5.74) is 0.817. The summed E-state index contributed by atoms with van der Waals surface area (Å²) in [5.74, 6) is -3.71. The molecule has 6 rings (SSSR count). The van der Waals surface area contributed by atoms with Gasteiger partial charge >= 0.3 is 5.97 Å². The maximum Gasteiger partial charge on any atom is 0.327 e. The Balaban J connectivity index is 1.29. The van der Waals surface area contributed by atoms with Gasteiger partial charge in [-0.15, -0.1) is 11.8 Å². The van der Waals surface area contributed by atoms with Crippen molar-refractivity contribution in [1.29, 1.82) is 0 Å². The third-order valence-corrected chi connectivity index (χ3v) is 9.30. The van der Waals surface area contributed by atoms with Crippen LogP contribution in [-0.4, -0.2) is 60.5 Å². The van der Waals surface area contributed by atoms with Gasteiger partial charge in [-0.2, -0.15) is 0 Å². The molecule has 206 valence electrons. The summed E-state index contributed by atoms with van der Waals surface area (Å²) in [6.45, 7) is 3.94. The molecule has 2 saturated heterocycles. The van der Waals surface area contributed by atoms with Crippen molar-refractivity contribution in [1.82, 2.24) is 20.1 Å². The average molecular weight is 565 g/mol. The summed E-state index contributed by atoms with van der Waals surface area (Å²) < 4.78 is 15.2. The molecule has 4 atom stereocenters. The molecule has 3 aliphatic heterocycles. The quantitative estimate of drug-likeness (QED) is 0.388. The van der Waals surface area contributed by atoms with Gasteiger partial charge in [0.1, 0.15) is 34.9 Å². The van der Waals surface area contributed by atoms with Gasteiger partial charge in [0.05, 0.1) is 5.52 Å². The largest absolute Gasteiger partial charge is 0.480 e. The molecule has 3 N–H and O–H groups in total. The van der Waals surface area contributed by atoms with Gasteiger partial charge in [-0.1, -0.05) is 30.3 Å². The number of carbonyl (C=O) groups is 4. The third-order valence-electron chi connectivity index (χ3n) is 7.72. The highest BCUT2D eigenvalue weighted by Gasteiger charge is 2.64. The fourth-order valence-electron chi connectivity index (χ4n) is 5.90. The number of carbonyl (C=O) groups excluding carboxylic acids is 3. The molecule has 10 nitrogen and oxygen atoms in total. The first-order chi connectivity index (χ1) is 19.0. The molecule has 0 spiro atoms. The van der Waals surface area contributed by atoms with Crippen LogP contribution in [0.15, 0.2) is 53.5 Å². The van der Waals surface area contributed by atoms with Crippen LogP contribution < -0.4 is 16.1 Å². The van der Waals surface area contributed by atoms with Crippen molar-refractivity contribution in [2.75, 3.05) is 0 Å². The Morgan fingerprint density at radius 2 is 1.88 bits per heavy atom. The number of hydrogen-bond donors (Lipinski definition) is 3. The van der Waals surface area contributed by atoms with Gasteiger partial charge in [-0.25, -0.2) is 9.18 Å². The predicted molar refractivity (Wildman–Crippen MR) is 144 cm³/mol. The van der Waals surface area contributed by atoms with E-state index in [4.69, 9.17) is 0 Å². The standard InChI is InChI=1S/C28H25FN4O6S/c1-28(2)22(27(38)39)33-25(37)19(26(33)40-28)31-24(36)18(13-6-4-3-5-7-13)30-23(35)17-12-32-9-8-14-10-15(29)11-16(20(14)32)21(17)34/h3-7,10-12,18-19,22,26H,8-9H2,1-2H3,(H,30,35)(H,31,36)(H,38,39). The van der Waals surface area contributed by atoms with Crippen molar-refractivity contribution < 1.29 is 28.7 Å². The number of nitrogens with one attached hydrogen (secondary N) is 2. The first kappa shape index (κ1) is 26.1. The number of benzene rings is 2. The number of fused-ring (bicyclic) bond motifs is 1. The van der Waals surface area contributed by atoms with E-state index in [9.17, 15) is 33.5 Å². The molecule has 0 radical (unpaired) electrons. The first-order valence-corrected chi connectivity index (χ1v) is 13.6. The molecule has 3 aliphatic rings. The van der Waals surface area contributed by atoms with E-state index in [1.165, 1.54) is 28.9 Å². The fourth-order valence-corrected chi connectivity index (χ4v) is 7.52. The number of aliphatic carboxylic acids is 1. The van der Waals surface area contributed by atoms with Crippen molar-refractivity contribution in [2.45, 2.75) is 55.1 Å². The zero-order valence-corrected chi connectivity index (χ0v) is 22.3. The molecule has 2 aromatic carbocycles. The second kappa shape index (κ2) is 9.19. The van der Waals surface area contributed by atoms with E-state index in [0.717, 1.165) is 6.07 Å². The van der Waals surface area contributed by atoms with E-state index in [2.05, 4.69) is 10.6 Å². The molecular weight excluding hydrogens is 539 g/mol. The number of amides is 3. The summed E-state index contributed by atoms with van der Waals surface area (Å²) in [5, 5.41) is 14.5. The number of β-lactam (4-membered cyclic amide) rings is 1. The van der Waals surface area contributed by atoms with Crippen molar-refractivity contribution in [3.63, 3.8) is 0 Å². The number of aromatic nitrogens is 1. The topological polar surface area (TPSA) is 138 Å². The average Bonchev–Trinajstić information content (AvgIpc) is 3.43. The number of thioether (sulfide) groups is 1. The monoisotopic (exact) mass is 564 g/mol. The van der Waals surface area contributed by atoms with Crippen LogP contribution in [0.5, 0.6) is 0 Å². The summed E-state index contributed by atoms with van der Waals surface area (Å²) in [4.78, 5) is 66.2. The lowest BCUT2D eigenvalue weighted by molar-refractivity contribution is -0.161. The Bertz CT molecular complexity index is 1670. The van der Waals surface area contributed by atoms with Crippen LogP contribution in [0.2, 0.25) is 0 Å². The van der Waals surface area contributed by atoms with Crippen LogP contribution in [0.25, 0.3) is 10.9 Å². The molecule has 1 aromatic heterocycles. The molecular formula is C28H25FN4O6S. The predicted octanol–water partition coefficient (Wildman–Crippen LogP) is 1.80. The van der Waals surface area contributed by atoms with Gasteiger partial charge in [-0.3, -0.25) is 19.2 Å². The minimum Gasteiger partial charge on any atom is -0.480 e. The number of rotatable bonds is 6. The van der Waals surface area contributed by atoms with Crippen molar-refractivity contribution in [3.8, 4) is 0 Å². The number of carboxylic acids is 1. The van der Waals surface area contributed by atoms with E-state index in [0.29, 0.717) is 29.6 Å². The van der Waals surface area contributed by atoms with Crippen LogP contribution in [0, 0.1) is 5.82 Å². The molecule has 3 aromatic rings. The van der Waals surface area contributed by atoms with Gasteiger partial charge in [0.2, 0.25) is 17.2 Å². The summed E-state index contributed by atoms with van der Waals surface area (Å²) in [6, 6.07) is 7.58. The van der Waals surface area contributed by atoms with Gasteiger partial charge in [-0.05, 0) is 43.5 Å². The smallest absolute Gasteiger partial charge is 0.327 e. The lowest BCUT2D eigenvalue weighted by Gasteiger charge is -2.44. The Morgan fingerprint density at radius 1 is 1.15 bits per heavy atom. The number of hydrogen-bond acceptors (Lipinski definition) is 6. The normalized spacial score (nSPS) is 22.9. The van der Waals surface area contributed by atoms with Crippen molar-refractivity contribution >= 4 is 46.4 Å². The number of nitrogens with zero attached hydrogens (tertiary/aromatic N) is 2. The zero-order valence-electron chi connectivity index (χ0n) is 21.5. The number of halogens is 1. The SMILES string of the molecule is CC1(C)SC2C(NC(=O)C(NC(=O)c3cn4c5c(cc(F)cc5c3=O)CC4)c3ccccc3)C(=O)N2C1C(=O)O. The second-order valence-corrected chi connectivity index (χ2v) is 12.4. The molecule has 12 heteroatoms. The highest BCUT2D eigenvalue weighted by Crippen LogP contribution is 2.50. The number of pyridine rings is 1. The highest BCUT2D eigenvalue weighted by molar-refractivity contribution is 8.01. The minimum absolute atomic E-state index is 0.0925. The van der Waals surface area contributed by atoms with Crippen LogP contribution in [0.4, 0.5) is 4.39 Å². The summed E-state index contributed by atoms with van der Waals surface area (Å²) >= 11 is 1.29. The molecule has 0 aliphatic carbocycles. The Labute approximate surface area is 231 Å². The first-order valence-electron chi connectivity index (χ1n) is 12.7. The lowest BCUT2D eigenvalue weighted by Crippen LogP contribution is -2.71. The van der Waals surface area contributed by atoms with E-state index in [-0.39, 0.29) is 10.9 Å². The molecule has 2 fully saturated rings. The summed E-state index contributed by atoms with van der Waals surface area (Å²) in [6.07, 6.45) is 1.95. The molecule has 3 amide bonds. The fraction of sp³-hybridized carbons (Fsp3) is 0.321. The third kappa shape index (κ3) is 3.96. The van der Waals surface area contributed by atoms with Gasteiger partial charge in [0.25, 0.3) is 5.91 Å². The van der Waals surface area contributed by atoms with E-state index in [1.807, 2.05) is 0 Å². The van der Waals surface area contributed by atoms with E-state index < -0.39 is 63.2 Å². The van der Waals surface area contributed by atoms with Crippen LogP contribution in [0.1, 0.15) is 41.4 Å². The van der Waals surface area contributed by atoms with E-state index in [1.54, 1.807) is 48.7 Å². The number of aryl methyl sites for hydroxylation is 2. The van der Waals surface area contributed by atoms with Crippen molar-refractivity contribution in [2.24, 2.45) is 0 Å². The van der Waals surface area contributed by atoms with E-state index >= 15 is 0 Å². The molecule has 40 heavy (non-hydrogen) atoms. The molecule has 0 saturated carbocycles. The maximum absolute atomic E-state index is 14.2. The zero-order chi connectivity index (χ0) is 28.5. The molecule has 0 bridgehead atoms. The second-order valence-electron chi connectivity index (χ2n) is 10.7. The van der Waals surface area contributed by atoms with Crippen LogP contribution in [-0.2, 0) is 27.3 Å². The summed E-state index contributed by atoms with van der Waals surface area (Å²) in [7, 11) is 0. The molecule has 4 unspecified atom stereocenters. The highest BCUT2D eigenvalue weighted by atomic mass is 32.2. The Hall–Kier alpha value is -4.19. The Morgan fingerprint density at radius 3 is 2.58 bits per heavy atom. The van der Waals surface area contributed by atoms with Crippen LogP contribution in [0.3, 0.4) is 0 Å². The van der Waals surface area contributed by atoms with Gasteiger partial charge in [0.15, 0.2) is 0 Å². The molecule has 4 heterocycles. The van der Waals surface area contributed by atoms with Crippen molar-refractivity contribution in [3.05, 3.63) is 81.4 Å². The minimum atomic E-state index is -1.26. The van der Waals surface area contributed by atoms with Crippen LogP contribution >= 0.6 is 11.8 Å². The lowest BCUT2D eigenvalue weighted by atomic mass is 9.95. The Kier molecular flexibility index (Phi) is 5.98. The maximum atomic E-state index is 14.2. The van der Waals surface area contributed by atoms with Gasteiger partial charge in [0, 0.05) is 22.9 Å².